The quantitative estimate of drug-likeness (QED) is 0.803. The molecule has 1 saturated heterocycles. The number of nitrogens with zero attached hydrogens (tertiary/aromatic N) is 1. The Hall–Kier alpha value is -2.04. The van der Waals surface area contributed by atoms with Crippen LogP contribution in [0.15, 0.2) is 30.3 Å². The second-order valence-electron chi connectivity index (χ2n) is 5.51. The summed E-state index contributed by atoms with van der Waals surface area (Å²) in [5.74, 6) is -0.266. The minimum absolute atomic E-state index is 0.243. The molecule has 1 fully saturated rings. The molecule has 5 nitrogen and oxygen atoms in total. The highest BCUT2D eigenvalue weighted by Crippen LogP contribution is 2.23. The lowest BCUT2D eigenvalue weighted by Crippen LogP contribution is -2.46. The molecule has 1 aromatic rings. The van der Waals surface area contributed by atoms with Crippen molar-refractivity contribution in [1.29, 1.82) is 0 Å². The van der Waals surface area contributed by atoms with E-state index in [1.165, 1.54) is 7.11 Å². The van der Waals surface area contributed by atoms with E-state index in [-0.39, 0.29) is 30.5 Å². The first-order chi connectivity index (χ1) is 10.1. The maximum atomic E-state index is 12.1. The number of esters is 1. The van der Waals surface area contributed by atoms with Gasteiger partial charge in [0.2, 0.25) is 0 Å². The third-order valence-corrected chi connectivity index (χ3v) is 3.66. The number of rotatable bonds is 3. The predicted octanol–water partition coefficient (Wildman–Crippen LogP) is 2.45. The van der Waals surface area contributed by atoms with Gasteiger partial charge in [-0.2, -0.15) is 0 Å². The van der Waals surface area contributed by atoms with E-state index in [1.54, 1.807) is 4.90 Å². The van der Waals surface area contributed by atoms with E-state index in [2.05, 4.69) is 0 Å². The van der Waals surface area contributed by atoms with Crippen molar-refractivity contribution in [2.75, 3.05) is 20.2 Å². The Bertz CT molecular complexity index is 488. The Morgan fingerprint density at radius 3 is 2.62 bits per heavy atom. The van der Waals surface area contributed by atoms with Crippen molar-refractivity contribution >= 4 is 12.1 Å². The first-order valence-electron chi connectivity index (χ1n) is 7.13. The van der Waals surface area contributed by atoms with Gasteiger partial charge in [0.15, 0.2) is 0 Å². The van der Waals surface area contributed by atoms with Gasteiger partial charge < -0.3 is 14.4 Å². The Balaban J connectivity index is 1.90. The molecule has 0 bridgehead atoms. The number of piperidine rings is 1. The summed E-state index contributed by atoms with van der Waals surface area (Å²) in [5, 5.41) is 0. The average molecular weight is 291 g/mol. The highest BCUT2D eigenvalue weighted by Gasteiger charge is 2.33. The molecule has 1 amide bonds. The molecular formula is C16H21NO4. The van der Waals surface area contributed by atoms with Crippen LogP contribution in [0.1, 0.15) is 18.9 Å². The smallest absolute Gasteiger partial charge is 0.410 e. The van der Waals surface area contributed by atoms with Crippen molar-refractivity contribution in [1.82, 2.24) is 4.90 Å². The summed E-state index contributed by atoms with van der Waals surface area (Å²) < 4.78 is 10.1. The molecule has 21 heavy (non-hydrogen) atoms. The standard InChI is InChI=1S/C16H21NO4/c1-12-8-14(15(18)20-2)10-17(9-12)16(19)21-11-13-6-4-3-5-7-13/h3-7,12,14H,8-11H2,1-2H3/t12-,14-/m1/s1. The van der Waals surface area contributed by atoms with E-state index < -0.39 is 0 Å². The maximum absolute atomic E-state index is 12.1. The fourth-order valence-corrected chi connectivity index (χ4v) is 2.65. The summed E-state index contributed by atoms with van der Waals surface area (Å²) in [6, 6.07) is 9.53. The number of benzene rings is 1. The Kier molecular flexibility index (Phi) is 5.20. The third kappa shape index (κ3) is 4.21. The first kappa shape index (κ1) is 15.4. The number of likely N-dealkylation sites (tertiary alicyclic amines) is 1. The Labute approximate surface area is 124 Å². The fourth-order valence-electron chi connectivity index (χ4n) is 2.65. The number of methoxy groups -OCH3 is 1. The van der Waals surface area contributed by atoms with Crippen LogP contribution in [-0.4, -0.2) is 37.2 Å². The molecule has 1 heterocycles. The van der Waals surface area contributed by atoms with Crippen LogP contribution in [0.2, 0.25) is 0 Å². The van der Waals surface area contributed by atoms with Gasteiger partial charge >= 0.3 is 12.1 Å². The van der Waals surface area contributed by atoms with Crippen molar-refractivity contribution in [3.63, 3.8) is 0 Å². The van der Waals surface area contributed by atoms with Gasteiger partial charge in [-0.3, -0.25) is 4.79 Å². The zero-order valence-corrected chi connectivity index (χ0v) is 12.5. The molecule has 5 heteroatoms. The molecule has 0 aromatic heterocycles. The molecule has 0 spiro atoms. The fraction of sp³-hybridized carbons (Fsp3) is 0.500. The van der Waals surface area contributed by atoms with Gasteiger partial charge in [-0.15, -0.1) is 0 Å². The first-order valence-corrected chi connectivity index (χ1v) is 7.13. The third-order valence-electron chi connectivity index (χ3n) is 3.66. The summed E-state index contributed by atoms with van der Waals surface area (Å²) in [5.41, 5.74) is 0.945. The van der Waals surface area contributed by atoms with E-state index in [0.29, 0.717) is 13.1 Å². The lowest BCUT2D eigenvalue weighted by atomic mass is 9.91. The second kappa shape index (κ2) is 7.11. The number of carbonyl (C=O) groups excluding carboxylic acids is 2. The van der Waals surface area contributed by atoms with E-state index in [4.69, 9.17) is 9.47 Å². The van der Waals surface area contributed by atoms with Crippen LogP contribution in [0.4, 0.5) is 4.79 Å². The largest absolute Gasteiger partial charge is 0.469 e. The summed E-state index contributed by atoms with van der Waals surface area (Å²) in [6.07, 6.45) is 0.370. The molecule has 0 N–H and O–H groups in total. The van der Waals surface area contributed by atoms with Crippen LogP contribution in [0.3, 0.4) is 0 Å². The van der Waals surface area contributed by atoms with E-state index >= 15 is 0 Å². The zero-order valence-electron chi connectivity index (χ0n) is 12.5. The van der Waals surface area contributed by atoms with E-state index in [9.17, 15) is 9.59 Å². The van der Waals surface area contributed by atoms with Gasteiger partial charge in [0.05, 0.1) is 13.0 Å². The molecule has 0 radical (unpaired) electrons. The normalized spacial score (nSPS) is 21.7. The zero-order chi connectivity index (χ0) is 15.2. The summed E-state index contributed by atoms with van der Waals surface area (Å²) in [7, 11) is 1.37. The van der Waals surface area contributed by atoms with E-state index in [1.807, 2.05) is 37.3 Å². The van der Waals surface area contributed by atoms with Crippen molar-refractivity contribution in [3.8, 4) is 0 Å². The maximum Gasteiger partial charge on any atom is 0.410 e. The summed E-state index contributed by atoms with van der Waals surface area (Å²) in [4.78, 5) is 25.4. The Morgan fingerprint density at radius 1 is 1.24 bits per heavy atom. The molecule has 1 aliphatic heterocycles. The van der Waals surface area contributed by atoms with Crippen LogP contribution in [0.5, 0.6) is 0 Å². The second-order valence-corrected chi connectivity index (χ2v) is 5.51. The molecule has 1 aromatic carbocycles. The van der Waals surface area contributed by atoms with Gasteiger partial charge in [0.25, 0.3) is 0 Å². The highest BCUT2D eigenvalue weighted by molar-refractivity contribution is 5.74. The molecule has 114 valence electrons. The molecule has 0 aliphatic carbocycles. The molecule has 2 rings (SSSR count). The number of carbonyl (C=O) groups is 2. The van der Waals surface area contributed by atoms with Gasteiger partial charge in [-0.05, 0) is 17.9 Å². The van der Waals surface area contributed by atoms with Crippen LogP contribution in [-0.2, 0) is 20.9 Å². The van der Waals surface area contributed by atoms with E-state index in [0.717, 1.165) is 12.0 Å². The Morgan fingerprint density at radius 2 is 1.95 bits per heavy atom. The molecule has 0 unspecified atom stereocenters. The molecule has 2 atom stereocenters. The average Bonchev–Trinajstić information content (AvgIpc) is 2.52. The van der Waals surface area contributed by atoms with Crippen LogP contribution in [0.25, 0.3) is 0 Å². The van der Waals surface area contributed by atoms with Crippen molar-refractivity contribution in [3.05, 3.63) is 35.9 Å². The topological polar surface area (TPSA) is 55.8 Å². The van der Waals surface area contributed by atoms with Gasteiger partial charge in [-0.1, -0.05) is 37.3 Å². The number of amides is 1. The van der Waals surface area contributed by atoms with Gasteiger partial charge in [0.1, 0.15) is 6.61 Å². The number of hydrogen-bond donors (Lipinski definition) is 0. The monoisotopic (exact) mass is 291 g/mol. The van der Waals surface area contributed by atoms with Crippen LogP contribution >= 0.6 is 0 Å². The molecular weight excluding hydrogens is 270 g/mol. The molecule has 1 aliphatic rings. The van der Waals surface area contributed by atoms with Gasteiger partial charge in [-0.25, -0.2) is 4.79 Å². The van der Waals surface area contributed by atoms with Crippen molar-refractivity contribution in [2.45, 2.75) is 20.0 Å². The minimum Gasteiger partial charge on any atom is -0.469 e. The predicted molar refractivity (Wildman–Crippen MR) is 77.5 cm³/mol. The van der Waals surface area contributed by atoms with Crippen LogP contribution in [0, 0.1) is 11.8 Å². The van der Waals surface area contributed by atoms with Crippen molar-refractivity contribution < 1.29 is 19.1 Å². The van der Waals surface area contributed by atoms with Crippen LogP contribution < -0.4 is 0 Å². The van der Waals surface area contributed by atoms with Crippen molar-refractivity contribution in [2.24, 2.45) is 11.8 Å². The summed E-state index contributed by atoms with van der Waals surface area (Å²) in [6.45, 7) is 3.24. The lowest BCUT2D eigenvalue weighted by molar-refractivity contribution is -0.147. The summed E-state index contributed by atoms with van der Waals surface area (Å²) >= 11 is 0. The minimum atomic E-state index is -0.376. The number of ether oxygens (including phenoxy) is 2. The van der Waals surface area contributed by atoms with Gasteiger partial charge in [0, 0.05) is 13.1 Å². The SMILES string of the molecule is COC(=O)[C@@H]1C[C@@H](C)CN(C(=O)OCc2ccccc2)C1. The lowest BCUT2D eigenvalue weighted by Gasteiger charge is -2.34. The highest BCUT2D eigenvalue weighted by atomic mass is 16.6. The number of hydrogen-bond acceptors (Lipinski definition) is 4. The molecule has 0 saturated carbocycles.